The largest absolute Gasteiger partial charge is 0.484 e. The second kappa shape index (κ2) is 8.71. The van der Waals surface area contributed by atoms with Crippen LogP contribution in [0.4, 0.5) is 0 Å². The van der Waals surface area contributed by atoms with Crippen molar-refractivity contribution in [1.29, 1.82) is 0 Å². The van der Waals surface area contributed by atoms with E-state index in [1.54, 1.807) is 12.1 Å². The number of hydrogen-bond donors (Lipinski definition) is 1. The predicted molar refractivity (Wildman–Crippen MR) is 97.4 cm³/mol. The monoisotopic (exact) mass is 346 g/mol. The predicted octanol–water partition coefficient (Wildman–Crippen LogP) is 3.41. The summed E-state index contributed by atoms with van der Waals surface area (Å²) in [6, 6.07) is 13.5. The lowest BCUT2D eigenvalue weighted by Gasteiger charge is -2.11. The highest BCUT2D eigenvalue weighted by Gasteiger charge is 2.05. The molecule has 1 amide bonds. The first kappa shape index (κ1) is 18.3. The van der Waals surface area contributed by atoms with E-state index in [1.165, 1.54) is 5.56 Å². The summed E-state index contributed by atoms with van der Waals surface area (Å²) in [5, 5.41) is 3.51. The number of amides is 1. The fourth-order valence-electron chi connectivity index (χ4n) is 2.30. The molecule has 0 atom stereocenters. The molecule has 0 unspecified atom stereocenters. The van der Waals surface area contributed by atoms with Crippen LogP contribution in [0.15, 0.2) is 42.5 Å². The molecule has 0 aliphatic heterocycles. The van der Waals surface area contributed by atoms with Gasteiger partial charge in [0.25, 0.3) is 5.91 Å². The van der Waals surface area contributed by atoms with Crippen molar-refractivity contribution in [3.63, 3.8) is 0 Å². The lowest BCUT2D eigenvalue weighted by atomic mass is 10.1. The molecule has 5 heteroatoms. The molecule has 0 aliphatic carbocycles. The summed E-state index contributed by atoms with van der Waals surface area (Å²) in [5.74, 6) is 0.518. The molecule has 24 heavy (non-hydrogen) atoms. The van der Waals surface area contributed by atoms with Crippen LogP contribution in [-0.2, 0) is 17.9 Å². The summed E-state index contributed by atoms with van der Waals surface area (Å²) in [5.41, 5.74) is 3.22. The van der Waals surface area contributed by atoms with Crippen molar-refractivity contribution in [3.8, 4) is 5.75 Å². The molecule has 4 nitrogen and oxygen atoms in total. The second-order valence-corrected chi connectivity index (χ2v) is 6.47. The smallest absolute Gasteiger partial charge is 0.258 e. The molecule has 0 bridgehead atoms. The second-order valence-electron chi connectivity index (χ2n) is 6.03. The summed E-state index contributed by atoms with van der Waals surface area (Å²) in [4.78, 5) is 14.0. The van der Waals surface area contributed by atoms with Crippen LogP contribution in [0.5, 0.6) is 5.75 Å². The number of nitrogens with one attached hydrogen (secondary N) is 1. The van der Waals surface area contributed by atoms with E-state index in [9.17, 15) is 4.79 Å². The third-order valence-electron chi connectivity index (χ3n) is 3.51. The molecule has 0 aromatic heterocycles. The fraction of sp³-hybridized carbons (Fsp3) is 0.316. The summed E-state index contributed by atoms with van der Waals surface area (Å²) < 4.78 is 5.53. The van der Waals surface area contributed by atoms with E-state index in [1.807, 2.05) is 39.2 Å². The van der Waals surface area contributed by atoms with Crippen molar-refractivity contribution >= 4 is 17.5 Å². The lowest BCUT2D eigenvalue weighted by molar-refractivity contribution is -0.123. The highest BCUT2D eigenvalue weighted by atomic mass is 35.5. The van der Waals surface area contributed by atoms with Gasteiger partial charge in [0.05, 0.1) is 0 Å². The van der Waals surface area contributed by atoms with Crippen LogP contribution in [-0.4, -0.2) is 31.5 Å². The Hall–Kier alpha value is -2.04. The van der Waals surface area contributed by atoms with Crippen LogP contribution in [0, 0.1) is 6.92 Å². The number of halogens is 1. The molecule has 2 aromatic rings. The molecule has 0 aliphatic rings. The van der Waals surface area contributed by atoms with Crippen LogP contribution in [0.25, 0.3) is 0 Å². The molecule has 2 rings (SSSR count). The summed E-state index contributed by atoms with van der Waals surface area (Å²) in [7, 11) is 4.08. The van der Waals surface area contributed by atoms with E-state index < -0.39 is 0 Å². The van der Waals surface area contributed by atoms with Gasteiger partial charge in [-0.2, -0.15) is 0 Å². The van der Waals surface area contributed by atoms with Gasteiger partial charge in [-0.25, -0.2) is 0 Å². The van der Waals surface area contributed by atoms with Crippen molar-refractivity contribution in [2.45, 2.75) is 20.0 Å². The van der Waals surface area contributed by atoms with Crippen LogP contribution >= 0.6 is 11.6 Å². The van der Waals surface area contributed by atoms with E-state index in [4.69, 9.17) is 16.3 Å². The number of nitrogens with zero attached hydrogens (tertiary/aromatic N) is 1. The van der Waals surface area contributed by atoms with Crippen LogP contribution in [0.1, 0.15) is 16.7 Å². The van der Waals surface area contributed by atoms with E-state index in [0.717, 1.165) is 17.7 Å². The molecule has 0 saturated carbocycles. The summed E-state index contributed by atoms with van der Waals surface area (Å²) in [6.45, 7) is 3.28. The van der Waals surface area contributed by atoms with Crippen molar-refractivity contribution in [3.05, 3.63) is 64.2 Å². The topological polar surface area (TPSA) is 41.6 Å². The molecule has 0 fully saturated rings. The maximum Gasteiger partial charge on any atom is 0.258 e. The van der Waals surface area contributed by atoms with Gasteiger partial charge in [0.15, 0.2) is 6.61 Å². The van der Waals surface area contributed by atoms with Gasteiger partial charge in [0.1, 0.15) is 5.75 Å². The van der Waals surface area contributed by atoms with E-state index in [-0.39, 0.29) is 12.5 Å². The number of aryl methyl sites for hydroxylation is 1. The van der Waals surface area contributed by atoms with Gasteiger partial charge in [-0.05, 0) is 55.9 Å². The van der Waals surface area contributed by atoms with Gasteiger partial charge in [0, 0.05) is 18.1 Å². The molecular weight excluding hydrogens is 324 g/mol. The SMILES string of the molecule is Cc1cc(Cl)ccc1OCC(=O)NCc1ccc(CN(C)C)cc1. The fourth-order valence-corrected chi connectivity index (χ4v) is 2.52. The zero-order valence-electron chi connectivity index (χ0n) is 14.3. The van der Waals surface area contributed by atoms with Gasteiger partial charge in [0.2, 0.25) is 0 Å². The molecule has 0 spiro atoms. The number of rotatable bonds is 7. The van der Waals surface area contributed by atoms with Gasteiger partial charge >= 0.3 is 0 Å². The maximum absolute atomic E-state index is 11.9. The van der Waals surface area contributed by atoms with Crippen LogP contribution in [0.3, 0.4) is 0 Å². The Bertz CT molecular complexity index is 684. The highest BCUT2D eigenvalue weighted by molar-refractivity contribution is 6.30. The van der Waals surface area contributed by atoms with E-state index in [0.29, 0.717) is 17.3 Å². The average Bonchev–Trinajstić information content (AvgIpc) is 2.53. The third-order valence-corrected chi connectivity index (χ3v) is 3.74. The quantitative estimate of drug-likeness (QED) is 0.835. The number of ether oxygens (including phenoxy) is 1. The molecule has 2 aromatic carbocycles. The Balaban J connectivity index is 1.78. The maximum atomic E-state index is 11.9. The van der Waals surface area contributed by atoms with Crippen molar-refractivity contribution < 1.29 is 9.53 Å². The van der Waals surface area contributed by atoms with Gasteiger partial charge in [-0.1, -0.05) is 35.9 Å². The van der Waals surface area contributed by atoms with Crippen LogP contribution < -0.4 is 10.1 Å². The number of benzene rings is 2. The lowest BCUT2D eigenvalue weighted by Crippen LogP contribution is -2.28. The zero-order chi connectivity index (χ0) is 17.5. The Labute approximate surface area is 148 Å². The summed E-state index contributed by atoms with van der Waals surface area (Å²) >= 11 is 5.90. The van der Waals surface area contributed by atoms with Crippen molar-refractivity contribution in [2.24, 2.45) is 0 Å². The molecular formula is C19H23ClN2O2. The first-order valence-corrected chi connectivity index (χ1v) is 8.20. The number of hydrogen-bond acceptors (Lipinski definition) is 3. The Morgan fingerprint density at radius 1 is 1.12 bits per heavy atom. The first-order valence-electron chi connectivity index (χ1n) is 7.82. The molecule has 1 N–H and O–H groups in total. The molecule has 0 heterocycles. The number of carbonyl (C=O) groups excluding carboxylic acids is 1. The van der Waals surface area contributed by atoms with Crippen molar-refractivity contribution in [2.75, 3.05) is 20.7 Å². The average molecular weight is 347 g/mol. The number of carbonyl (C=O) groups is 1. The zero-order valence-corrected chi connectivity index (χ0v) is 15.1. The summed E-state index contributed by atoms with van der Waals surface area (Å²) in [6.07, 6.45) is 0. The van der Waals surface area contributed by atoms with Gasteiger partial charge in [-0.3, -0.25) is 4.79 Å². The molecule has 128 valence electrons. The Morgan fingerprint density at radius 3 is 2.42 bits per heavy atom. The third kappa shape index (κ3) is 5.87. The highest BCUT2D eigenvalue weighted by Crippen LogP contribution is 2.21. The first-order chi connectivity index (χ1) is 11.4. The standard InChI is InChI=1S/C19H23ClN2O2/c1-14-10-17(20)8-9-18(14)24-13-19(23)21-11-15-4-6-16(7-5-15)12-22(2)3/h4-10H,11-13H2,1-3H3,(H,21,23). The van der Waals surface area contributed by atoms with Gasteiger partial charge < -0.3 is 15.0 Å². The molecule has 0 saturated heterocycles. The van der Waals surface area contributed by atoms with E-state index in [2.05, 4.69) is 22.3 Å². The van der Waals surface area contributed by atoms with Crippen molar-refractivity contribution in [1.82, 2.24) is 10.2 Å². The minimum atomic E-state index is -0.151. The normalized spacial score (nSPS) is 10.7. The van der Waals surface area contributed by atoms with Gasteiger partial charge in [-0.15, -0.1) is 0 Å². The Kier molecular flexibility index (Phi) is 6.64. The Morgan fingerprint density at radius 2 is 1.79 bits per heavy atom. The minimum Gasteiger partial charge on any atom is -0.484 e. The van der Waals surface area contributed by atoms with E-state index >= 15 is 0 Å². The van der Waals surface area contributed by atoms with Crippen LogP contribution in [0.2, 0.25) is 5.02 Å². The minimum absolute atomic E-state index is 0.0127. The molecule has 0 radical (unpaired) electrons.